The Morgan fingerprint density at radius 2 is 1.84 bits per heavy atom. The van der Waals surface area contributed by atoms with Gasteiger partial charge in [-0.25, -0.2) is 0 Å². The van der Waals surface area contributed by atoms with E-state index in [1.807, 2.05) is 43.5 Å². The van der Waals surface area contributed by atoms with E-state index in [0.717, 1.165) is 55.0 Å². The Bertz CT molecular complexity index is 763. The van der Waals surface area contributed by atoms with Crippen LogP contribution in [0, 0.1) is 12.3 Å². The zero-order valence-electron chi connectivity index (χ0n) is 14.8. The van der Waals surface area contributed by atoms with Crippen molar-refractivity contribution < 1.29 is 4.79 Å². The zero-order chi connectivity index (χ0) is 17.3. The summed E-state index contributed by atoms with van der Waals surface area (Å²) >= 11 is 0. The maximum Gasteiger partial charge on any atom is 0.253 e. The molecule has 4 rings (SSSR count). The first-order chi connectivity index (χ1) is 12.2. The minimum Gasteiger partial charge on any atom is -0.338 e. The summed E-state index contributed by atoms with van der Waals surface area (Å²) in [6.45, 7) is 5.97. The van der Waals surface area contributed by atoms with E-state index in [-0.39, 0.29) is 5.91 Å². The van der Waals surface area contributed by atoms with Crippen LogP contribution in [0.3, 0.4) is 0 Å². The van der Waals surface area contributed by atoms with Gasteiger partial charge in [0.05, 0.1) is 0 Å². The SMILES string of the molecule is Cc1cc(-c2ccc(C(=O)N3CCC4(CCNCC4)C3)cc2)ccn1. The quantitative estimate of drug-likeness (QED) is 0.916. The lowest BCUT2D eigenvalue weighted by Gasteiger charge is -2.33. The predicted molar refractivity (Wildman–Crippen MR) is 99.5 cm³/mol. The standard InChI is InChI=1S/C21H25N3O/c1-16-14-19(6-10-23-16)17-2-4-18(5-3-17)20(25)24-13-9-21(15-24)7-11-22-12-8-21/h2-6,10,14,22H,7-9,11-13,15H2,1H3. The Hall–Kier alpha value is -2.20. The summed E-state index contributed by atoms with van der Waals surface area (Å²) in [5, 5.41) is 3.43. The number of nitrogens with one attached hydrogen (secondary N) is 1. The molecule has 130 valence electrons. The number of carbonyl (C=O) groups is 1. The fourth-order valence-electron chi connectivity index (χ4n) is 4.19. The van der Waals surface area contributed by atoms with E-state index in [2.05, 4.69) is 21.3 Å². The number of likely N-dealkylation sites (tertiary alicyclic amines) is 1. The molecule has 4 heteroatoms. The van der Waals surface area contributed by atoms with E-state index in [9.17, 15) is 4.79 Å². The first kappa shape index (κ1) is 16.3. The molecule has 25 heavy (non-hydrogen) atoms. The minimum atomic E-state index is 0.174. The second kappa shape index (κ2) is 6.60. The van der Waals surface area contributed by atoms with Crippen LogP contribution in [0.4, 0.5) is 0 Å². The molecule has 2 saturated heterocycles. The molecular weight excluding hydrogens is 310 g/mol. The molecule has 2 aliphatic rings. The molecule has 1 spiro atoms. The topological polar surface area (TPSA) is 45.2 Å². The number of aryl methyl sites for hydroxylation is 1. The van der Waals surface area contributed by atoms with E-state index in [1.165, 1.54) is 12.8 Å². The van der Waals surface area contributed by atoms with Gasteiger partial charge in [0, 0.05) is 30.5 Å². The largest absolute Gasteiger partial charge is 0.338 e. The van der Waals surface area contributed by atoms with Crippen LogP contribution >= 0.6 is 0 Å². The summed E-state index contributed by atoms with van der Waals surface area (Å²) in [7, 11) is 0. The van der Waals surface area contributed by atoms with Gasteiger partial charge in [-0.2, -0.15) is 0 Å². The van der Waals surface area contributed by atoms with Crippen molar-refractivity contribution in [2.24, 2.45) is 5.41 Å². The fraction of sp³-hybridized carbons (Fsp3) is 0.429. The molecular formula is C21H25N3O. The van der Waals surface area contributed by atoms with Crippen LogP contribution in [0.2, 0.25) is 0 Å². The number of aromatic nitrogens is 1. The molecule has 0 aliphatic carbocycles. The fourth-order valence-corrected chi connectivity index (χ4v) is 4.19. The van der Waals surface area contributed by atoms with E-state index in [4.69, 9.17) is 0 Å². The lowest BCUT2D eigenvalue weighted by Crippen LogP contribution is -2.39. The molecule has 2 aliphatic heterocycles. The molecule has 0 bridgehead atoms. The Labute approximate surface area is 149 Å². The highest BCUT2D eigenvalue weighted by molar-refractivity contribution is 5.95. The summed E-state index contributed by atoms with van der Waals surface area (Å²) < 4.78 is 0. The molecule has 0 atom stereocenters. The highest BCUT2D eigenvalue weighted by Crippen LogP contribution is 2.39. The van der Waals surface area contributed by atoms with Crippen molar-refractivity contribution in [3.8, 4) is 11.1 Å². The van der Waals surface area contributed by atoms with Gasteiger partial charge in [0.2, 0.25) is 0 Å². The minimum absolute atomic E-state index is 0.174. The zero-order valence-corrected chi connectivity index (χ0v) is 14.8. The average molecular weight is 335 g/mol. The van der Waals surface area contributed by atoms with Crippen LogP contribution in [-0.4, -0.2) is 42.0 Å². The van der Waals surface area contributed by atoms with Crippen molar-refractivity contribution in [1.82, 2.24) is 15.2 Å². The van der Waals surface area contributed by atoms with Gasteiger partial charge in [0.1, 0.15) is 0 Å². The maximum atomic E-state index is 12.9. The number of hydrogen-bond acceptors (Lipinski definition) is 3. The molecule has 0 saturated carbocycles. The Morgan fingerprint density at radius 3 is 2.56 bits per heavy atom. The molecule has 3 heterocycles. The molecule has 1 N–H and O–H groups in total. The third-order valence-electron chi connectivity index (χ3n) is 5.75. The van der Waals surface area contributed by atoms with Gasteiger partial charge >= 0.3 is 0 Å². The Kier molecular flexibility index (Phi) is 4.30. The average Bonchev–Trinajstić information content (AvgIpc) is 3.05. The second-order valence-electron chi connectivity index (χ2n) is 7.49. The summed E-state index contributed by atoms with van der Waals surface area (Å²) in [6, 6.07) is 12.1. The van der Waals surface area contributed by atoms with Gasteiger partial charge in [-0.3, -0.25) is 9.78 Å². The van der Waals surface area contributed by atoms with Crippen LogP contribution in [0.15, 0.2) is 42.6 Å². The van der Waals surface area contributed by atoms with Crippen molar-refractivity contribution in [3.05, 3.63) is 53.9 Å². The number of benzene rings is 1. The summed E-state index contributed by atoms with van der Waals surface area (Å²) in [6.07, 6.45) is 5.36. The van der Waals surface area contributed by atoms with Crippen molar-refractivity contribution in [2.75, 3.05) is 26.2 Å². The van der Waals surface area contributed by atoms with Crippen LogP contribution in [0.25, 0.3) is 11.1 Å². The van der Waals surface area contributed by atoms with Crippen LogP contribution in [0.1, 0.15) is 35.3 Å². The lowest BCUT2D eigenvalue weighted by atomic mass is 9.78. The van der Waals surface area contributed by atoms with E-state index >= 15 is 0 Å². The van der Waals surface area contributed by atoms with Gasteiger partial charge < -0.3 is 10.2 Å². The predicted octanol–water partition coefficient (Wildman–Crippen LogP) is 3.27. The smallest absolute Gasteiger partial charge is 0.253 e. The van der Waals surface area contributed by atoms with Gasteiger partial charge in [-0.05, 0) is 80.1 Å². The van der Waals surface area contributed by atoms with Crippen molar-refractivity contribution in [2.45, 2.75) is 26.2 Å². The molecule has 2 fully saturated rings. The van der Waals surface area contributed by atoms with Gasteiger partial charge in [0.15, 0.2) is 0 Å². The first-order valence-electron chi connectivity index (χ1n) is 9.18. The van der Waals surface area contributed by atoms with E-state index < -0.39 is 0 Å². The number of hydrogen-bond donors (Lipinski definition) is 1. The van der Waals surface area contributed by atoms with Crippen molar-refractivity contribution in [1.29, 1.82) is 0 Å². The van der Waals surface area contributed by atoms with Gasteiger partial charge in [-0.1, -0.05) is 12.1 Å². The third kappa shape index (κ3) is 3.31. The Balaban J connectivity index is 1.48. The number of rotatable bonds is 2. The van der Waals surface area contributed by atoms with E-state index in [1.54, 1.807) is 0 Å². The molecule has 0 unspecified atom stereocenters. The Morgan fingerprint density at radius 1 is 1.08 bits per heavy atom. The molecule has 2 aromatic rings. The van der Waals surface area contributed by atoms with Crippen LogP contribution in [-0.2, 0) is 0 Å². The highest BCUT2D eigenvalue weighted by Gasteiger charge is 2.40. The van der Waals surface area contributed by atoms with E-state index in [0.29, 0.717) is 5.41 Å². The van der Waals surface area contributed by atoms with Crippen LogP contribution in [0.5, 0.6) is 0 Å². The van der Waals surface area contributed by atoms with Crippen molar-refractivity contribution in [3.63, 3.8) is 0 Å². The number of piperidine rings is 1. The molecule has 1 aromatic carbocycles. The highest BCUT2D eigenvalue weighted by atomic mass is 16.2. The summed E-state index contributed by atoms with van der Waals surface area (Å²) in [4.78, 5) is 19.2. The summed E-state index contributed by atoms with van der Waals surface area (Å²) in [5.74, 6) is 0.174. The van der Waals surface area contributed by atoms with Crippen molar-refractivity contribution >= 4 is 5.91 Å². The normalized spacial score (nSPS) is 19.3. The number of pyridine rings is 1. The monoisotopic (exact) mass is 335 g/mol. The number of nitrogens with zero attached hydrogens (tertiary/aromatic N) is 2. The molecule has 4 nitrogen and oxygen atoms in total. The maximum absolute atomic E-state index is 12.9. The van der Waals surface area contributed by atoms with Gasteiger partial charge in [0.25, 0.3) is 5.91 Å². The summed E-state index contributed by atoms with van der Waals surface area (Å²) in [5.41, 5.74) is 4.41. The number of carbonyl (C=O) groups excluding carboxylic acids is 1. The molecule has 1 amide bonds. The first-order valence-corrected chi connectivity index (χ1v) is 9.18. The third-order valence-corrected chi connectivity index (χ3v) is 5.75. The lowest BCUT2D eigenvalue weighted by molar-refractivity contribution is 0.0762. The van der Waals surface area contributed by atoms with Gasteiger partial charge in [-0.15, -0.1) is 0 Å². The number of amides is 1. The molecule has 0 radical (unpaired) electrons. The second-order valence-corrected chi connectivity index (χ2v) is 7.49. The van der Waals surface area contributed by atoms with Crippen LogP contribution < -0.4 is 5.32 Å². The molecule has 1 aromatic heterocycles.